The van der Waals surface area contributed by atoms with Gasteiger partial charge in [0, 0.05) is 19.5 Å². The Morgan fingerprint density at radius 3 is 2.62 bits per heavy atom. The highest BCUT2D eigenvalue weighted by atomic mass is 16.2. The second-order valence-corrected chi connectivity index (χ2v) is 4.49. The monoisotopic (exact) mass is 227 g/mol. The van der Waals surface area contributed by atoms with Gasteiger partial charge in [-0.25, -0.2) is 4.79 Å². The van der Waals surface area contributed by atoms with E-state index in [0.717, 1.165) is 25.7 Å². The number of carbonyl (C=O) groups is 2. The number of hydrogen-bond donors (Lipinski definition) is 3. The predicted octanol–water partition coefficient (Wildman–Crippen LogP) is 0.119. The Kier molecular flexibility index (Phi) is 4.29. The Hall–Kier alpha value is -1.10. The summed E-state index contributed by atoms with van der Waals surface area (Å²) in [5.41, 5.74) is -0.719. The number of hydrogen-bond acceptors (Lipinski definition) is 3. The van der Waals surface area contributed by atoms with Crippen molar-refractivity contribution in [1.82, 2.24) is 16.0 Å². The van der Waals surface area contributed by atoms with Crippen molar-refractivity contribution in [3.63, 3.8) is 0 Å². The van der Waals surface area contributed by atoms with E-state index in [9.17, 15) is 9.59 Å². The maximum absolute atomic E-state index is 11.4. The zero-order valence-electron chi connectivity index (χ0n) is 10.2. The van der Waals surface area contributed by atoms with E-state index in [-0.39, 0.29) is 17.9 Å². The maximum atomic E-state index is 11.4. The molecule has 5 heteroatoms. The molecule has 0 aliphatic heterocycles. The molecule has 0 aromatic carbocycles. The summed E-state index contributed by atoms with van der Waals surface area (Å²) in [7, 11) is 3.42. The van der Waals surface area contributed by atoms with Crippen molar-refractivity contribution in [1.29, 1.82) is 0 Å². The summed E-state index contributed by atoms with van der Waals surface area (Å²) < 4.78 is 0. The smallest absolute Gasteiger partial charge is 0.315 e. The topological polar surface area (TPSA) is 70.2 Å². The molecule has 1 aliphatic rings. The Bertz CT molecular complexity index is 268. The molecular weight excluding hydrogens is 206 g/mol. The molecule has 0 saturated heterocycles. The van der Waals surface area contributed by atoms with E-state index in [2.05, 4.69) is 16.0 Å². The van der Waals surface area contributed by atoms with Crippen LogP contribution in [0.25, 0.3) is 0 Å². The first kappa shape index (κ1) is 13.0. The van der Waals surface area contributed by atoms with E-state index in [1.807, 2.05) is 14.0 Å². The van der Waals surface area contributed by atoms with Crippen LogP contribution in [0, 0.1) is 11.8 Å². The van der Waals surface area contributed by atoms with Crippen LogP contribution in [0.4, 0.5) is 4.79 Å². The molecule has 0 bridgehead atoms. The average molecular weight is 227 g/mol. The fraction of sp³-hybridized carbons (Fsp3) is 0.818. The molecule has 0 aromatic heterocycles. The van der Waals surface area contributed by atoms with Gasteiger partial charge in [0.2, 0.25) is 0 Å². The van der Waals surface area contributed by atoms with Gasteiger partial charge in [0.05, 0.1) is 0 Å². The lowest BCUT2D eigenvalue weighted by Gasteiger charge is -2.34. The quantitative estimate of drug-likeness (QED) is 0.597. The molecule has 3 N–H and O–H groups in total. The summed E-state index contributed by atoms with van der Waals surface area (Å²) >= 11 is 0. The third-order valence-corrected chi connectivity index (χ3v) is 3.64. The van der Waals surface area contributed by atoms with Gasteiger partial charge in [-0.2, -0.15) is 0 Å². The summed E-state index contributed by atoms with van der Waals surface area (Å²) in [6.45, 7) is 2.76. The van der Waals surface area contributed by atoms with Crippen LogP contribution in [-0.4, -0.2) is 38.5 Å². The summed E-state index contributed by atoms with van der Waals surface area (Å²) in [5.74, 6) is 0.350. The molecule has 16 heavy (non-hydrogen) atoms. The zero-order chi connectivity index (χ0) is 12.2. The van der Waals surface area contributed by atoms with Crippen LogP contribution in [0.2, 0.25) is 0 Å². The Morgan fingerprint density at radius 2 is 2.12 bits per heavy atom. The van der Waals surface area contributed by atoms with Gasteiger partial charge >= 0.3 is 6.03 Å². The van der Waals surface area contributed by atoms with Gasteiger partial charge in [-0.3, -0.25) is 0 Å². The minimum atomic E-state index is -0.719. The fourth-order valence-corrected chi connectivity index (χ4v) is 2.57. The van der Waals surface area contributed by atoms with E-state index in [4.69, 9.17) is 0 Å². The number of aldehydes is 1. The van der Waals surface area contributed by atoms with Gasteiger partial charge in [0.1, 0.15) is 11.8 Å². The average Bonchev–Trinajstić information content (AvgIpc) is 2.58. The molecule has 1 fully saturated rings. The van der Waals surface area contributed by atoms with Crippen molar-refractivity contribution >= 4 is 12.3 Å². The van der Waals surface area contributed by atoms with E-state index < -0.39 is 5.54 Å². The minimum absolute atomic E-state index is 0.169. The van der Waals surface area contributed by atoms with Crippen molar-refractivity contribution < 1.29 is 9.59 Å². The molecule has 0 spiro atoms. The van der Waals surface area contributed by atoms with E-state index >= 15 is 0 Å². The third kappa shape index (κ3) is 2.19. The van der Waals surface area contributed by atoms with Gasteiger partial charge in [-0.15, -0.1) is 0 Å². The van der Waals surface area contributed by atoms with Gasteiger partial charge in [0.25, 0.3) is 0 Å². The predicted molar refractivity (Wildman–Crippen MR) is 62.2 cm³/mol. The minimum Gasteiger partial charge on any atom is -0.341 e. The first-order chi connectivity index (χ1) is 7.60. The number of nitrogens with one attached hydrogen (secondary N) is 3. The first-order valence-electron chi connectivity index (χ1n) is 5.71. The molecule has 1 saturated carbocycles. The van der Waals surface area contributed by atoms with Crippen molar-refractivity contribution in [3.8, 4) is 0 Å². The molecule has 1 rings (SSSR count). The van der Waals surface area contributed by atoms with Crippen LogP contribution in [0.3, 0.4) is 0 Å². The van der Waals surface area contributed by atoms with Crippen LogP contribution in [0.1, 0.15) is 19.8 Å². The lowest BCUT2D eigenvalue weighted by molar-refractivity contribution is -0.115. The largest absolute Gasteiger partial charge is 0.341 e. The number of rotatable bonds is 4. The molecule has 0 aromatic rings. The molecule has 3 unspecified atom stereocenters. The van der Waals surface area contributed by atoms with Gasteiger partial charge in [-0.1, -0.05) is 6.92 Å². The molecule has 5 nitrogen and oxygen atoms in total. The van der Waals surface area contributed by atoms with Crippen molar-refractivity contribution in [2.45, 2.75) is 25.3 Å². The highest BCUT2D eigenvalue weighted by molar-refractivity contribution is 5.81. The van der Waals surface area contributed by atoms with Crippen molar-refractivity contribution in [2.75, 3.05) is 20.6 Å². The summed E-state index contributed by atoms with van der Waals surface area (Å²) in [4.78, 5) is 22.8. The molecular formula is C11H21N3O2. The van der Waals surface area contributed by atoms with Crippen molar-refractivity contribution in [3.05, 3.63) is 0 Å². The summed E-state index contributed by atoms with van der Waals surface area (Å²) in [5, 5.41) is 8.40. The normalized spacial score (nSPS) is 33.4. The van der Waals surface area contributed by atoms with E-state index in [0.29, 0.717) is 0 Å². The second kappa shape index (κ2) is 5.30. The summed E-state index contributed by atoms with van der Waals surface area (Å²) in [6.07, 6.45) is 2.84. The molecule has 3 atom stereocenters. The second-order valence-electron chi connectivity index (χ2n) is 4.49. The maximum Gasteiger partial charge on any atom is 0.315 e. The Labute approximate surface area is 96.4 Å². The van der Waals surface area contributed by atoms with Gasteiger partial charge in [-0.05, 0) is 25.8 Å². The number of urea groups is 1. The first-order valence-corrected chi connectivity index (χ1v) is 5.71. The van der Waals surface area contributed by atoms with E-state index in [1.165, 1.54) is 0 Å². The number of amides is 2. The molecule has 0 heterocycles. The molecule has 92 valence electrons. The van der Waals surface area contributed by atoms with Gasteiger partial charge < -0.3 is 20.7 Å². The number of carbonyl (C=O) groups excluding carboxylic acids is 2. The third-order valence-electron chi connectivity index (χ3n) is 3.64. The van der Waals surface area contributed by atoms with Crippen LogP contribution in [0.5, 0.6) is 0 Å². The Balaban J connectivity index is 2.87. The van der Waals surface area contributed by atoms with Gasteiger partial charge in [0.15, 0.2) is 0 Å². The SMILES string of the molecule is CNCC1CCC(C)C1(C=O)NC(=O)NC. The van der Waals surface area contributed by atoms with Crippen LogP contribution < -0.4 is 16.0 Å². The highest BCUT2D eigenvalue weighted by Crippen LogP contribution is 2.38. The molecule has 1 aliphatic carbocycles. The highest BCUT2D eigenvalue weighted by Gasteiger charge is 2.48. The molecule has 2 amide bonds. The van der Waals surface area contributed by atoms with Crippen LogP contribution >= 0.6 is 0 Å². The van der Waals surface area contributed by atoms with E-state index in [1.54, 1.807) is 7.05 Å². The van der Waals surface area contributed by atoms with Crippen molar-refractivity contribution in [2.24, 2.45) is 11.8 Å². The van der Waals surface area contributed by atoms with Crippen LogP contribution in [-0.2, 0) is 4.79 Å². The Morgan fingerprint density at radius 1 is 1.44 bits per heavy atom. The van der Waals surface area contributed by atoms with Crippen LogP contribution in [0.15, 0.2) is 0 Å². The summed E-state index contributed by atoms with van der Waals surface area (Å²) in [6, 6.07) is -0.290. The fourth-order valence-electron chi connectivity index (χ4n) is 2.57. The molecule has 0 radical (unpaired) electrons. The standard InChI is InChI=1S/C11H21N3O2/c1-8-4-5-9(6-12-2)11(8,7-15)14-10(16)13-3/h7-9,12H,4-6H2,1-3H3,(H2,13,14,16). The zero-order valence-corrected chi connectivity index (χ0v) is 10.2. The lowest BCUT2D eigenvalue weighted by atomic mass is 9.82. The lowest BCUT2D eigenvalue weighted by Crippen LogP contribution is -2.59.